The highest BCUT2D eigenvalue weighted by Crippen LogP contribution is 2.33. The molecule has 4 nitrogen and oxygen atoms in total. The van der Waals surface area contributed by atoms with E-state index in [2.05, 4.69) is 4.74 Å². The zero-order valence-corrected chi connectivity index (χ0v) is 14.3. The maximum Gasteiger partial charge on any atom is 0.337 e. The highest BCUT2D eigenvalue weighted by molar-refractivity contribution is 8.26. The van der Waals surface area contributed by atoms with Crippen LogP contribution >= 0.6 is 24.0 Å². The molecule has 6 heteroatoms. The van der Waals surface area contributed by atoms with Crippen LogP contribution in [0.2, 0.25) is 0 Å². The molecule has 0 spiro atoms. The minimum atomic E-state index is -0.380. The van der Waals surface area contributed by atoms with E-state index in [4.69, 9.17) is 12.2 Å². The van der Waals surface area contributed by atoms with Gasteiger partial charge in [-0.1, -0.05) is 50.0 Å². The number of ether oxygens (including phenoxy) is 1. The lowest BCUT2D eigenvalue weighted by Crippen LogP contribution is -2.31. The third kappa shape index (κ3) is 3.75. The van der Waals surface area contributed by atoms with E-state index in [0.717, 1.165) is 5.56 Å². The number of hydrogen-bond donors (Lipinski definition) is 0. The maximum absolute atomic E-state index is 12.4. The molecule has 0 radical (unpaired) electrons. The van der Waals surface area contributed by atoms with Gasteiger partial charge in [-0.25, -0.2) is 4.79 Å². The van der Waals surface area contributed by atoms with E-state index in [0.29, 0.717) is 27.3 Å². The van der Waals surface area contributed by atoms with Gasteiger partial charge in [0, 0.05) is 6.54 Å². The predicted molar refractivity (Wildman–Crippen MR) is 92.5 cm³/mol. The standard InChI is InChI=1S/C16H17NO3S2/c1-10(2)9-17-14(18)13(22-16(17)21)8-11-4-6-12(7-5-11)15(19)20-3/h4-8,10H,9H2,1-3H3/b13-8-. The van der Waals surface area contributed by atoms with Crippen molar-refractivity contribution in [3.8, 4) is 0 Å². The van der Waals surface area contributed by atoms with Crippen LogP contribution in [0.3, 0.4) is 0 Å². The molecule has 1 aromatic carbocycles. The number of hydrogen-bond acceptors (Lipinski definition) is 5. The van der Waals surface area contributed by atoms with Crippen molar-refractivity contribution in [1.82, 2.24) is 4.90 Å². The zero-order valence-electron chi connectivity index (χ0n) is 12.7. The largest absolute Gasteiger partial charge is 0.465 e. The molecule has 0 aliphatic carbocycles. The Labute approximate surface area is 139 Å². The molecule has 0 N–H and O–H groups in total. The Balaban J connectivity index is 2.18. The van der Waals surface area contributed by atoms with Gasteiger partial charge in [0.25, 0.3) is 5.91 Å². The first-order chi connectivity index (χ1) is 10.4. The first-order valence-corrected chi connectivity index (χ1v) is 8.08. The molecule has 1 amide bonds. The van der Waals surface area contributed by atoms with Crippen molar-refractivity contribution >= 4 is 46.3 Å². The van der Waals surface area contributed by atoms with Gasteiger partial charge in [0.05, 0.1) is 17.6 Å². The number of carbonyl (C=O) groups excluding carboxylic acids is 2. The number of amides is 1. The van der Waals surface area contributed by atoms with Crippen LogP contribution < -0.4 is 0 Å². The quantitative estimate of drug-likeness (QED) is 0.480. The average Bonchev–Trinajstić information content (AvgIpc) is 2.74. The van der Waals surface area contributed by atoms with E-state index >= 15 is 0 Å². The SMILES string of the molecule is COC(=O)c1ccc(/C=C2\SC(=S)N(CC(C)C)C2=O)cc1. The van der Waals surface area contributed by atoms with E-state index in [9.17, 15) is 9.59 Å². The second kappa shape index (κ2) is 7.07. The number of esters is 1. The molecule has 1 aliphatic rings. The number of rotatable bonds is 4. The normalized spacial score (nSPS) is 16.7. The Morgan fingerprint density at radius 1 is 1.36 bits per heavy atom. The van der Waals surface area contributed by atoms with Crippen LogP contribution in [0.1, 0.15) is 29.8 Å². The molecule has 0 aromatic heterocycles. The molecule has 0 saturated carbocycles. The molecule has 0 bridgehead atoms. The summed E-state index contributed by atoms with van der Waals surface area (Å²) in [6, 6.07) is 6.90. The zero-order chi connectivity index (χ0) is 16.3. The van der Waals surface area contributed by atoms with Gasteiger partial charge in [-0.05, 0) is 29.7 Å². The monoisotopic (exact) mass is 335 g/mol. The van der Waals surface area contributed by atoms with Crippen molar-refractivity contribution in [2.75, 3.05) is 13.7 Å². The summed E-state index contributed by atoms with van der Waals surface area (Å²) in [5, 5.41) is 0. The van der Waals surface area contributed by atoms with Gasteiger partial charge in [0.2, 0.25) is 0 Å². The van der Waals surface area contributed by atoms with Crippen LogP contribution in [0, 0.1) is 5.92 Å². The Bertz CT molecular complexity index is 635. The van der Waals surface area contributed by atoms with E-state index in [1.807, 2.05) is 13.8 Å². The molecular weight excluding hydrogens is 318 g/mol. The summed E-state index contributed by atoms with van der Waals surface area (Å²) < 4.78 is 5.25. The Morgan fingerprint density at radius 3 is 2.55 bits per heavy atom. The highest BCUT2D eigenvalue weighted by Gasteiger charge is 2.32. The molecule has 1 aromatic rings. The molecule has 2 rings (SSSR count). The van der Waals surface area contributed by atoms with E-state index in [1.165, 1.54) is 18.9 Å². The molecule has 116 valence electrons. The van der Waals surface area contributed by atoms with Crippen molar-refractivity contribution < 1.29 is 14.3 Å². The summed E-state index contributed by atoms with van der Waals surface area (Å²) in [4.78, 5) is 26.0. The lowest BCUT2D eigenvalue weighted by molar-refractivity contribution is -0.122. The van der Waals surface area contributed by atoms with Crippen LogP contribution in [0.4, 0.5) is 0 Å². The Kier molecular flexibility index (Phi) is 5.37. The summed E-state index contributed by atoms with van der Waals surface area (Å²) in [5.74, 6) is -0.0725. The minimum absolute atomic E-state index is 0.0549. The van der Waals surface area contributed by atoms with Gasteiger partial charge in [0.15, 0.2) is 0 Å². The molecule has 1 fully saturated rings. The van der Waals surface area contributed by atoms with Gasteiger partial charge < -0.3 is 4.74 Å². The first kappa shape index (κ1) is 16.7. The number of carbonyl (C=O) groups is 2. The fraction of sp³-hybridized carbons (Fsp3) is 0.312. The molecule has 1 heterocycles. The van der Waals surface area contributed by atoms with E-state index in [-0.39, 0.29) is 11.9 Å². The summed E-state index contributed by atoms with van der Waals surface area (Å²) >= 11 is 6.58. The van der Waals surface area contributed by atoms with Crippen LogP contribution in [-0.2, 0) is 9.53 Å². The lowest BCUT2D eigenvalue weighted by Gasteiger charge is -2.16. The second-order valence-electron chi connectivity index (χ2n) is 5.30. The van der Waals surface area contributed by atoms with Crippen LogP contribution in [0.5, 0.6) is 0 Å². The van der Waals surface area contributed by atoms with Crippen LogP contribution in [0.25, 0.3) is 6.08 Å². The molecular formula is C16H17NO3S2. The topological polar surface area (TPSA) is 46.6 Å². The second-order valence-corrected chi connectivity index (χ2v) is 6.98. The predicted octanol–water partition coefficient (Wildman–Crippen LogP) is 3.33. The smallest absolute Gasteiger partial charge is 0.337 e. The molecule has 0 unspecified atom stereocenters. The van der Waals surface area contributed by atoms with Gasteiger partial charge in [-0.3, -0.25) is 9.69 Å². The first-order valence-electron chi connectivity index (χ1n) is 6.86. The molecule has 22 heavy (non-hydrogen) atoms. The Morgan fingerprint density at radius 2 is 2.00 bits per heavy atom. The van der Waals surface area contributed by atoms with E-state index in [1.54, 1.807) is 35.2 Å². The lowest BCUT2D eigenvalue weighted by atomic mass is 10.1. The average molecular weight is 335 g/mol. The van der Waals surface area contributed by atoms with Crippen LogP contribution in [0.15, 0.2) is 29.2 Å². The summed E-state index contributed by atoms with van der Waals surface area (Å²) in [6.07, 6.45) is 1.79. The van der Waals surface area contributed by atoms with Gasteiger partial charge in [0.1, 0.15) is 4.32 Å². The van der Waals surface area contributed by atoms with Gasteiger partial charge >= 0.3 is 5.97 Å². The third-order valence-electron chi connectivity index (χ3n) is 3.05. The third-order valence-corrected chi connectivity index (χ3v) is 4.43. The van der Waals surface area contributed by atoms with Crippen molar-refractivity contribution in [3.05, 3.63) is 40.3 Å². The van der Waals surface area contributed by atoms with Crippen LogP contribution in [-0.4, -0.2) is 34.8 Å². The number of thiocarbonyl (C=S) groups is 1. The van der Waals surface area contributed by atoms with Gasteiger partial charge in [-0.15, -0.1) is 0 Å². The fourth-order valence-electron chi connectivity index (χ4n) is 2.01. The minimum Gasteiger partial charge on any atom is -0.465 e. The van der Waals surface area contributed by atoms with Crippen molar-refractivity contribution in [3.63, 3.8) is 0 Å². The summed E-state index contributed by atoms with van der Waals surface area (Å²) in [7, 11) is 1.34. The van der Waals surface area contributed by atoms with Crippen molar-refractivity contribution in [2.24, 2.45) is 5.92 Å². The number of benzene rings is 1. The number of nitrogens with zero attached hydrogens (tertiary/aromatic N) is 1. The van der Waals surface area contributed by atoms with Gasteiger partial charge in [-0.2, -0.15) is 0 Å². The number of thioether (sulfide) groups is 1. The maximum atomic E-state index is 12.4. The molecule has 1 saturated heterocycles. The van der Waals surface area contributed by atoms with Crippen molar-refractivity contribution in [2.45, 2.75) is 13.8 Å². The van der Waals surface area contributed by atoms with Crippen molar-refractivity contribution in [1.29, 1.82) is 0 Å². The number of methoxy groups -OCH3 is 1. The highest BCUT2D eigenvalue weighted by atomic mass is 32.2. The fourth-order valence-corrected chi connectivity index (χ4v) is 3.28. The summed E-state index contributed by atoms with van der Waals surface area (Å²) in [5.41, 5.74) is 1.32. The Hall–Kier alpha value is -1.66. The molecule has 1 aliphatic heterocycles. The summed E-state index contributed by atoms with van der Waals surface area (Å²) in [6.45, 7) is 4.73. The molecule has 0 atom stereocenters. The van der Waals surface area contributed by atoms with E-state index < -0.39 is 0 Å².